The molecule has 1 aliphatic carbocycles. The van der Waals surface area contributed by atoms with E-state index in [2.05, 4.69) is 41.6 Å². The van der Waals surface area contributed by atoms with Crippen molar-refractivity contribution in [3.05, 3.63) is 82.1 Å². The minimum Gasteiger partial charge on any atom is -0.320 e. The van der Waals surface area contributed by atoms with Crippen molar-refractivity contribution in [1.29, 1.82) is 0 Å². The highest BCUT2D eigenvalue weighted by molar-refractivity contribution is 7.81. The molecule has 3 atom stereocenters. The lowest BCUT2D eigenvalue weighted by Gasteiger charge is -2.40. The van der Waals surface area contributed by atoms with Gasteiger partial charge in [0.2, 0.25) is 0 Å². The Morgan fingerprint density at radius 2 is 1.95 bits per heavy atom. The summed E-state index contributed by atoms with van der Waals surface area (Å²) >= 11 is 4.62. The quantitative estimate of drug-likeness (QED) is 0.236. The molecule has 0 bridgehead atoms. The fourth-order valence-corrected chi connectivity index (χ4v) is 7.35. The summed E-state index contributed by atoms with van der Waals surface area (Å²) < 4.78 is 47.5. The van der Waals surface area contributed by atoms with Gasteiger partial charge in [-0.05, 0) is 72.9 Å². The summed E-state index contributed by atoms with van der Waals surface area (Å²) in [6.45, 7) is 6.17. The summed E-state index contributed by atoms with van der Waals surface area (Å²) in [5.74, 6) is 2.24. The van der Waals surface area contributed by atoms with Crippen LogP contribution in [0.2, 0.25) is 0 Å². The van der Waals surface area contributed by atoms with Crippen LogP contribution in [0.4, 0.5) is 13.2 Å². The molecule has 4 aromatic rings. The molecule has 4 heterocycles. The summed E-state index contributed by atoms with van der Waals surface area (Å²) in [5, 5.41) is 8.84. The Kier molecular flexibility index (Phi) is 8.23. The number of rotatable bonds is 8. The van der Waals surface area contributed by atoms with Crippen LogP contribution in [-0.2, 0) is 19.8 Å². The van der Waals surface area contributed by atoms with Crippen molar-refractivity contribution in [3.63, 3.8) is 0 Å². The number of imidazole rings is 1. The smallest absolute Gasteiger partial charge is 0.320 e. The third-order valence-electron chi connectivity index (χ3n) is 9.45. The molecule has 1 aliphatic heterocycles. The second-order valence-corrected chi connectivity index (χ2v) is 13.3. The molecule has 0 unspecified atom stereocenters. The first kappa shape index (κ1) is 30.0. The third-order valence-corrected chi connectivity index (χ3v) is 10.2. The zero-order valence-corrected chi connectivity index (χ0v) is 25.7. The molecule has 6 rings (SSSR count). The van der Waals surface area contributed by atoms with E-state index in [1.807, 2.05) is 29.8 Å². The van der Waals surface area contributed by atoms with Gasteiger partial charge in [-0.25, -0.2) is 4.79 Å². The molecule has 1 saturated carbocycles. The number of likely N-dealkylation sites (tertiary alicyclic amines) is 1. The number of hydrogen-bond acceptors (Lipinski definition) is 5. The molecule has 7 nitrogen and oxygen atoms in total. The van der Waals surface area contributed by atoms with E-state index >= 15 is 0 Å². The van der Waals surface area contributed by atoms with Crippen molar-refractivity contribution >= 4 is 18.1 Å². The van der Waals surface area contributed by atoms with Crippen molar-refractivity contribution in [2.24, 2.45) is 24.8 Å². The zero-order chi connectivity index (χ0) is 30.5. The van der Waals surface area contributed by atoms with Crippen molar-refractivity contribution < 1.29 is 13.2 Å². The average Bonchev–Trinajstić information content (AvgIpc) is 3.51. The number of aryl methyl sites for hydroxylation is 1. The van der Waals surface area contributed by atoms with Gasteiger partial charge in [-0.1, -0.05) is 38.8 Å². The van der Waals surface area contributed by atoms with Crippen LogP contribution in [0, 0.1) is 17.8 Å². The SMILES string of the molecule is CCCC1CC([C@@H](c2cccc(-n3cc4c(C(F)(F)F)cc(CN5CC[C@@H](S)[C@H](C)C5)cn4c3=O)c2)c2nncn2C)C1. The Labute approximate surface area is 255 Å². The van der Waals surface area contributed by atoms with E-state index < -0.39 is 17.4 Å². The monoisotopic (exact) mass is 612 g/mol. The van der Waals surface area contributed by atoms with Gasteiger partial charge in [0.25, 0.3) is 0 Å². The highest BCUT2D eigenvalue weighted by atomic mass is 32.1. The molecular formula is C32H39F3N6OS. The fraction of sp³-hybridized carbons (Fsp3) is 0.531. The van der Waals surface area contributed by atoms with Gasteiger partial charge >= 0.3 is 11.9 Å². The van der Waals surface area contributed by atoms with Crippen molar-refractivity contribution in [1.82, 2.24) is 28.6 Å². The molecule has 230 valence electrons. The number of benzene rings is 1. The molecule has 0 amide bonds. The summed E-state index contributed by atoms with van der Waals surface area (Å²) in [6.07, 6.45) is 5.38. The van der Waals surface area contributed by atoms with E-state index in [0.29, 0.717) is 35.5 Å². The maximum Gasteiger partial charge on any atom is 0.418 e. The number of thiol groups is 1. The van der Waals surface area contributed by atoms with Crippen LogP contribution in [0.25, 0.3) is 11.2 Å². The largest absolute Gasteiger partial charge is 0.418 e. The van der Waals surface area contributed by atoms with Crippen molar-refractivity contribution in [2.75, 3.05) is 13.1 Å². The highest BCUT2D eigenvalue weighted by Crippen LogP contribution is 2.47. The maximum atomic E-state index is 14.4. The Morgan fingerprint density at radius 1 is 1.16 bits per heavy atom. The first-order valence-electron chi connectivity index (χ1n) is 15.2. The third kappa shape index (κ3) is 5.90. The number of halogens is 3. The van der Waals surface area contributed by atoms with Gasteiger partial charge < -0.3 is 4.57 Å². The number of pyridine rings is 1. The molecular weight excluding hydrogens is 573 g/mol. The zero-order valence-electron chi connectivity index (χ0n) is 24.8. The lowest BCUT2D eigenvalue weighted by atomic mass is 9.65. The summed E-state index contributed by atoms with van der Waals surface area (Å²) in [4.78, 5) is 15.9. The number of fused-ring (bicyclic) bond motifs is 1. The van der Waals surface area contributed by atoms with Crippen molar-refractivity contribution in [3.8, 4) is 5.69 Å². The van der Waals surface area contributed by atoms with E-state index in [-0.39, 0.29) is 16.7 Å². The second kappa shape index (κ2) is 11.8. The molecule has 0 spiro atoms. The summed E-state index contributed by atoms with van der Waals surface area (Å²) in [5.41, 5.74) is 0.496. The van der Waals surface area contributed by atoms with Gasteiger partial charge in [0.15, 0.2) is 0 Å². The van der Waals surface area contributed by atoms with E-state index in [0.717, 1.165) is 54.6 Å². The first-order valence-corrected chi connectivity index (χ1v) is 15.7. The van der Waals surface area contributed by atoms with Crippen LogP contribution in [0.15, 0.2) is 53.8 Å². The van der Waals surface area contributed by atoms with Gasteiger partial charge in [0.1, 0.15) is 12.2 Å². The van der Waals surface area contributed by atoms with E-state index in [9.17, 15) is 18.0 Å². The molecule has 2 aliphatic rings. The predicted octanol–water partition coefficient (Wildman–Crippen LogP) is 6.34. The average molecular weight is 613 g/mol. The Hall–Kier alpha value is -3.05. The molecule has 3 aromatic heterocycles. The number of aromatic nitrogens is 5. The lowest BCUT2D eigenvalue weighted by molar-refractivity contribution is -0.136. The lowest BCUT2D eigenvalue weighted by Crippen LogP contribution is -2.39. The number of piperidine rings is 1. The number of alkyl halides is 3. The number of nitrogens with zero attached hydrogens (tertiary/aromatic N) is 6. The Bertz CT molecular complexity index is 1650. The maximum absolute atomic E-state index is 14.4. The van der Waals surface area contributed by atoms with E-state index in [4.69, 9.17) is 0 Å². The molecule has 1 aromatic carbocycles. The molecule has 43 heavy (non-hydrogen) atoms. The Balaban J connectivity index is 1.38. The topological polar surface area (TPSA) is 60.4 Å². The van der Waals surface area contributed by atoms with Gasteiger partial charge in [-0.2, -0.15) is 25.8 Å². The van der Waals surface area contributed by atoms with Crippen LogP contribution < -0.4 is 5.69 Å². The highest BCUT2D eigenvalue weighted by Gasteiger charge is 2.39. The normalized spacial score (nSPS) is 23.9. The molecule has 0 N–H and O–H groups in total. The summed E-state index contributed by atoms with van der Waals surface area (Å²) in [7, 11) is 1.93. The minimum atomic E-state index is -4.61. The van der Waals surface area contributed by atoms with Gasteiger partial charge in [-0.15, -0.1) is 10.2 Å². The predicted molar refractivity (Wildman–Crippen MR) is 164 cm³/mol. The minimum absolute atomic E-state index is 0.0191. The summed E-state index contributed by atoms with van der Waals surface area (Å²) in [6, 6.07) is 8.78. The van der Waals surface area contributed by atoms with Gasteiger partial charge in [0.05, 0.1) is 16.8 Å². The first-order chi connectivity index (χ1) is 20.5. The van der Waals surface area contributed by atoms with Gasteiger partial charge in [0, 0.05) is 43.7 Å². The molecule has 1 saturated heterocycles. The van der Waals surface area contributed by atoms with E-state index in [1.165, 1.54) is 23.3 Å². The Morgan fingerprint density at radius 3 is 2.63 bits per heavy atom. The van der Waals surface area contributed by atoms with Gasteiger partial charge in [-0.3, -0.25) is 13.9 Å². The molecule has 2 fully saturated rings. The fourth-order valence-electron chi connectivity index (χ4n) is 7.14. The van der Waals surface area contributed by atoms with Crippen molar-refractivity contribution in [2.45, 2.75) is 69.8 Å². The van der Waals surface area contributed by atoms with Crippen LogP contribution in [0.1, 0.15) is 74.4 Å². The van der Waals surface area contributed by atoms with Crippen LogP contribution in [0.3, 0.4) is 0 Å². The van der Waals surface area contributed by atoms with Crippen LogP contribution in [-0.4, -0.2) is 47.0 Å². The molecule has 0 radical (unpaired) electrons. The standard InChI is InChI=1S/C32H39F3N6OS/c1-4-6-21-11-24(12-21)29(30-37-36-19-38(30)3)23-7-5-8-25(14-23)40-18-27-26(32(33,34)35)13-22(17-41(27)31(40)42)16-39-10-9-28(43)20(2)15-39/h5,7-8,13-14,17-21,24,28-29,43H,4,6,9-12,15-16H2,1-3H3/t20-,21?,24?,28-,29-/m1/s1. The van der Waals surface area contributed by atoms with Crippen LogP contribution >= 0.6 is 12.6 Å². The van der Waals surface area contributed by atoms with Crippen LogP contribution in [0.5, 0.6) is 0 Å². The van der Waals surface area contributed by atoms with E-state index in [1.54, 1.807) is 18.6 Å². The number of hydrogen-bond donors (Lipinski definition) is 1. The second-order valence-electron chi connectivity index (χ2n) is 12.6. The molecule has 11 heteroatoms.